The van der Waals surface area contributed by atoms with Crippen molar-refractivity contribution in [3.8, 4) is 0 Å². The van der Waals surface area contributed by atoms with Gasteiger partial charge in [0.25, 0.3) is 0 Å². The standard InChI is InChI=1S/C16H19NO4/c1-12(18)14-10-17(9-5-8-15(14)19)16(20)21-11-13-6-3-2-4-7-13/h2-4,6-7,14H,5,8-11H2,1H3. The number of nitrogens with zero attached hydrogens (tertiary/aromatic N) is 1. The van der Waals surface area contributed by atoms with Crippen LogP contribution < -0.4 is 0 Å². The molecule has 0 radical (unpaired) electrons. The monoisotopic (exact) mass is 289 g/mol. The molecule has 0 aliphatic carbocycles. The third-order valence-electron chi connectivity index (χ3n) is 3.60. The van der Waals surface area contributed by atoms with E-state index in [4.69, 9.17) is 4.74 Å². The lowest BCUT2D eigenvalue weighted by Crippen LogP contribution is -2.38. The van der Waals surface area contributed by atoms with Crippen LogP contribution in [0.2, 0.25) is 0 Å². The van der Waals surface area contributed by atoms with Gasteiger partial charge >= 0.3 is 6.09 Å². The Morgan fingerprint density at radius 3 is 2.67 bits per heavy atom. The molecule has 1 aromatic carbocycles. The molecule has 0 bridgehead atoms. The third-order valence-corrected chi connectivity index (χ3v) is 3.60. The number of carbonyl (C=O) groups is 3. The summed E-state index contributed by atoms with van der Waals surface area (Å²) in [5.74, 6) is -0.986. The number of ketones is 2. The van der Waals surface area contributed by atoms with Crippen LogP contribution in [-0.2, 0) is 20.9 Å². The van der Waals surface area contributed by atoms with Crippen molar-refractivity contribution in [3.63, 3.8) is 0 Å². The number of benzene rings is 1. The minimum Gasteiger partial charge on any atom is -0.445 e. The van der Waals surface area contributed by atoms with E-state index in [9.17, 15) is 14.4 Å². The van der Waals surface area contributed by atoms with E-state index in [1.807, 2.05) is 30.3 Å². The number of rotatable bonds is 3. The van der Waals surface area contributed by atoms with E-state index < -0.39 is 12.0 Å². The Kier molecular flexibility index (Phi) is 5.09. The highest BCUT2D eigenvalue weighted by molar-refractivity contribution is 6.02. The van der Waals surface area contributed by atoms with Crippen LogP contribution in [0.1, 0.15) is 25.3 Å². The topological polar surface area (TPSA) is 63.7 Å². The lowest BCUT2D eigenvalue weighted by atomic mass is 9.98. The Bertz CT molecular complexity index is 526. The van der Waals surface area contributed by atoms with Crippen molar-refractivity contribution < 1.29 is 19.1 Å². The average Bonchev–Trinajstić information content (AvgIpc) is 2.68. The van der Waals surface area contributed by atoms with Crippen LogP contribution in [0.5, 0.6) is 0 Å². The second-order valence-corrected chi connectivity index (χ2v) is 5.22. The normalized spacial score (nSPS) is 19.0. The van der Waals surface area contributed by atoms with Crippen molar-refractivity contribution >= 4 is 17.7 Å². The van der Waals surface area contributed by atoms with Crippen LogP contribution in [0.25, 0.3) is 0 Å². The van der Waals surface area contributed by atoms with Crippen LogP contribution in [-0.4, -0.2) is 35.6 Å². The highest BCUT2D eigenvalue weighted by Crippen LogP contribution is 2.15. The second-order valence-electron chi connectivity index (χ2n) is 5.22. The van der Waals surface area contributed by atoms with Gasteiger partial charge in [0.2, 0.25) is 0 Å². The van der Waals surface area contributed by atoms with Crippen molar-refractivity contribution in [2.24, 2.45) is 5.92 Å². The Morgan fingerprint density at radius 2 is 2.00 bits per heavy atom. The summed E-state index contributed by atoms with van der Waals surface area (Å²) in [6.07, 6.45) is 0.440. The molecule has 0 saturated carbocycles. The number of amides is 1. The van der Waals surface area contributed by atoms with Crippen LogP contribution in [0, 0.1) is 5.92 Å². The highest BCUT2D eigenvalue weighted by atomic mass is 16.6. The summed E-state index contributed by atoms with van der Waals surface area (Å²) < 4.78 is 5.25. The maximum absolute atomic E-state index is 12.1. The van der Waals surface area contributed by atoms with E-state index in [0.717, 1.165) is 5.56 Å². The van der Waals surface area contributed by atoms with Crippen LogP contribution in [0.15, 0.2) is 30.3 Å². The molecule has 5 nitrogen and oxygen atoms in total. The number of Topliss-reactive ketones (excluding diaryl/α,β-unsaturated/α-hetero) is 2. The molecule has 1 heterocycles. The van der Waals surface area contributed by atoms with Crippen molar-refractivity contribution in [2.75, 3.05) is 13.1 Å². The summed E-state index contributed by atoms with van der Waals surface area (Å²) in [6, 6.07) is 9.39. The van der Waals surface area contributed by atoms with Gasteiger partial charge in [0.15, 0.2) is 0 Å². The lowest BCUT2D eigenvalue weighted by Gasteiger charge is -2.22. The molecule has 1 aromatic rings. The summed E-state index contributed by atoms with van der Waals surface area (Å²) in [5.41, 5.74) is 0.903. The number of hydrogen-bond acceptors (Lipinski definition) is 4. The molecule has 112 valence electrons. The highest BCUT2D eigenvalue weighted by Gasteiger charge is 2.31. The maximum atomic E-state index is 12.1. The number of ether oxygens (including phenoxy) is 1. The fourth-order valence-corrected chi connectivity index (χ4v) is 2.36. The van der Waals surface area contributed by atoms with Crippen molar-refractivity contribution in [3.05, 3.63) is 35.9 Å². The predicted molar refractivity (Wildman–Crippen MR) is 76.6 cm³/mol. The molecular formula is C16H19NO4. The fraction of sp³-hybridized carbons (Fsp3) is 0.438. The molecule has 1 atom stereocenters. The zero-order valence-corrected chi connectivity index (χ0v) is 12.1. The smallest absolute Gasteiger partial charge is 0.410 e. The van der Waals surface area contributed by atoms with E-state index in [1.54, 1.807) is 0 Å². The summed E-state index contributed by atoms with van der Waals surface area (Å²) in [7, 11) is 0. The summed E-state index contributed by atoms with van der Waals surface area (Å²) in [5, 5.41) is 0. The Labute approximate surface area is 123 Å². The summed E-state index contributed by atoms with van der Waals surface area (Å²) in [6.45, 7) is 2.15. The molecule has 0 N–H and O–H groups in total. The molecule has 1 fully saturated rings. The zero-order chi connectivity index (χ0) is 15.2. The van der Waals surface area contributed by atoms with E-state index in [1.165, 1.54) is 11.8 Å². The minimum atomic E-state index is -0.711. The van der Waals surface area contributed by atoms with Gasteiger partial charge in [-0.05, 0) is 18.9 Å². The van der Waals surface area contributed by atoms with Gasteiger partial charge in [-0.25, -0.2) is 4.79 Å². The molecule has 1 aliphatic rings. The predicted octanol–water partition coefficient (Wildman–Crippen LogP) is 2.19. The molecule has 0 spiro atoms. The van der Waals surface area contributed by atoms with Gasteiger partial charge < -0.3 is 9.64 Å². The SMILES string of the molecule is CC(=O)C1CN(C(=O)OCc2ccccc2)CCCC1=O. The molecule has 1 amide bonds. The number of carbonyl (C=O) groups excluding carboxylic acids is 3. The lowest BCUT2D eigenvalue weighted by molar-refractivity contribution is -0.131. The van der Waals surface area contributed by atoms with Crippen LogP contribution >= 0.6 is 0 Å². The van der Waals surface area contributed by atoms with Crippen LogP contribution in [0.3, 0.4) is 0 Å². The van der Waals surface area contributed by atoms with Crippen molar-refractivity contribution in [1.82, 2.24) is 4.90 Å². The molecule has 1 unspecified atom stereocenters. The van der Waals surface area contributed by atoms with Crippen LogP contribution in [0.4, 0.5) is 4.79 Å². The molecule has 1 aliphatic heterocycles. The quantitative estimate of drug-likeness (QED) is 0.800. The van der Waals surface area contributed by atoms with Gasteiger partial charge in [0.05, 0.1) is 5.92 Å². The largest absolute Gasteiger partial charge is 0.445 e. The third kappa shape index (κ3) is 4.15. The van der Waals surface area contributed by atoms with Crippen molar-refractivity contribution in [1.29, 1.82) is 0 Å². The van der Waals surface area contributed by atoms with Gasteiger partial charge in [0.1, 0.15) is 18.2 Å². The van der Waals surface area contributed by atoms with E-state index >= 15 is 0 Å². The molecule has 21 heavy (non-hydrogen) atoms. The first-order valence-electron chi connectivity index (χ1n) is 7.06. The average molecular weight is 289 g/mol. The maximum Gasteiger partial charge on any atom is 0.410 e. The van der Waals surface area contributed by atoms with Gasteiger partial charge in [-0.15, -0.1) is 0 Å². The van der Waals surface area contributed by atoms with E-state index in [0.29, 0.717) is 19.4 Å². The van der Waals surface area contributed by atoms with Gasteiger partial charge in [-0.3, -0.25) is 9.59 Å². The second kappa shape index (κ2) is 7.02. The fourth-order valence-electron chi connectivity index (χ4n) is 2.36. The zero-order valence-electron chi connectivity index (χ0n) is 12.1. The molecule has 5 heteroatoms. The Hall–Kier alpha value is -2.17. The van der Waals surface area contributed by atoms with Gasteiger partial charge in [-0.2, -0.15) is 0 Å². The Balaban J connectivity index is 1.94. The van der Waals surface area contributed by atoms with E-state index in [-0.39, 0.29) is 24.7 Å². The van der Waals surface area contributed by atoms with Gasteiger partial charge in [-0.1, -0.05) is 30.3 Å². The minimum absolute atomic E-state index is 0.0825. The number of hydrogen-bond donors (Lipinski definition) is 0. The molecule has 0 aromatic heterocycles. The summed E-state index contributed by atoms with van der Waals surface area (Å²) in [4.78, 5) is 36.9. The Morgan fingerprint density at radius 1 is 1.29 bits per heavy atom. The van der Waals surface area contributed by atoms with Gasteiger partial charge in [0, 0.05) is 19.5 Å². The first-order chi connectivity index (χ1) is 10.1. The molecule has 1 saturated heterocycles. The van der Waals surface area contributed by atoms with E-state index in [2.05, 4.69) is 0 Å². The summed E-state index contributed by atoms with van der Waals surface area (Å²) >= 11 is 0. The first-order valence-corrected chi connectivity index (χ1v) is 7.06. The molecular weight excluding hydrogens is 270 g/mol. The van der Waals surface area contributed by atoms with Crippen molar-refractivity contribution in [2.45, 2.75) is 26.4 Å². The first kappa shape index (κ1) is 15.2. The number of likely N-dealkylation sites (tertiary alicyclic amines) is 1. The molecule has 2 rings (SSSR count).